The summed E-state index contributed by atoms with van der Waals surface area (Å²) in [6.07, 6.45) is 0. The summed E-state index contributed by atoms with van der Waals surface area (Å²) in [6.45, 7) is 6.65. The van der Waals surface area contributed by atoms with Gasteiger partial charge in [-0.1, -0.05) is 47.6 Å². The zero-order valence-corrected chi connectivity index (χ0v) is 19.2. The standard InChI is InChI=1S/C22H24ClN5O2S/c1-4-28-19(12-24-21(30)17-8-6-5-7-14(17)2)26-27-22(28)31-13-20(29)25-18-11-16(23)10-9-15(18)3/h5-11H,4,12-13H2,1-3H3,(H,24,30)(H,25,29). The summed E-state index contributed by atoms with van der Waals surface area (Å²) in [5, 5.41) is 15.3. The molecule has 0 radical (unpaired) electrons. The van der Waals surface area contributed by atoms with Crippen molar-refractivity contribution in [2.24, 2.45) is 0 Å². The fraction of sp³-hybridized carbons (Fsp3) is 0.273. The van der Waals surface area contributed by atoms with E-state index in [1.807, 2.05) is 49.6 Å². The molecule has 0 bridgehead atoms. The van der Waals surface area contributed by atoms with Crippen LogP contribution in [-0.2, 0) is 17.9 Å². The number of halogens is 1. The van der Waals surface area contributed by atoms with Crippen molar-refractivity contribution in [3.8, 4) is 0 Å². The zero-order valence-electron chi connectivity index (χ0n) is 17.6. The fourth-order valence-electron chi connectivity index (χ4n) is 3.00. The second-order valence-corrected chi connectivity index (χ2v) is 8.32. The lowest BCUT2D eigenvalue weighted by molar-refractivity contribution is -0.113. The SMILES string of the molecule is CCn1c(CNC(=O)c2ccccc2C)nnc1SCC(=O)Nc1cc(Cl)ccc1C. The van der Waals surface area contributed by atoms with E-state index in [1.165, 1.54) is 11.8 Å². The maximum absolute atomic E-state index is 12.4. The van der Waals surface area contributed by atoms with Crippen molar-refractivity contribution in [1.82, 2.24) is 20.1 Å². The van der Waals surface area contributed by atoms with Crippen LogP contribution in [0.2, 0.25) is 5.02 Å². The Bertz CT molecular complexity index is 1100. The predicted octanol–water partition coefficient (Wildman–Crippen LogP) is 4.23. The molecule has 2 aromatic carbocycles. The monoisotopic (exact) mass is 457 g/mol. The highest BCUT2D eigenvalue weighted by molar-refractivity contribution is 7.99. The van der Waals surface area contributed by atoms with E-state index >= 15 is 0 Å². The second-order valence-electron chi connectivity index (χ2n) is 6.94. The molecule has 162 valence electrons. The van der Waals surface area contributed by atoms with Gasteiger partial charge in [0.25, 0.3) is 5.91 Å². The lowest BCUT2D eigenvalue weighted by Gasteiger charge is -2.10. The number of benzene rings is 2. The summed E-state index contributed by atoms with van der Waals surface area (Å²) >= 11 is 7.30. The van der Waals surface area contributed by atoms with Gasteiger partial charge in [-0.05, 0) is 50.1 Å². The average molecular weight is 458 g/mol. The molecule has 31 heavy (non-hydrogen) atoms. The maximum atomic E-state index is 12.4. The minimum atomic E-state index is -0.158. The third-order valence-corrected chi connectivity index (χ3v) is 5.91. The van der Waals surface area contributed by atoms with E-state index in [0.29, 0.717) is 33.8 Å². The van der Waals surface area contributed by atoms with Gasteiger partial charge in [0, 0.05) is 22.8 Å². The van der Waals surface area contributed by atoms with Crippen LogP contribution in [0.5, 0.6) is 0 Å². The van der Waals surface area contributed by atoms with Gasteiger partial charge in [0.1, 0.15) is 0 Å². The second kappa shape index (κ2) is 10.5. The van der Waals surface area contributed by atoms with Crippen molar-refractivity contribution >= 4 is 40.9 Å². The number of anilines is 1. The largest absolute Gasteiger partial charge is 0.345 e. The molecular formula is C22H24ClN5O2S. The summed E-state index contributed by atoms with van der Waals surface area (Å²) in [7, 11) is 0. The number of hydrogen-bond acceptors (Lipinski definition) is 5. The topological polar surface area (TPSA) is 88.9 Å². The number of carbonyl (C=O) groups is 2. The van der Waals surface area contributed by atoms with Gasteiger partial charge in [-0.25, -0.2) is 0 Å². The maximum Gasteiger partial charge on any atom is 0.251 e. The molecule has 0 aliphatic heterocycles. The predicted molar refractivity (Wildman–Crippen MR) is 124 cm³/mol. The number of amides is 2. The Hall–Kier alpha value is -2.84. The number of nitrogens with zero attached hydrogens (tertiary/aromatic N) is 3. The van der Waals surface area contributed by atoms with Crippen molar-refractivity contribution < 1.29 is 9.59 Å². The molecule has 3 aromatic rings. The van der Waals surface area contributed by atoms with Crippen molar-refractivity contribution in [3.63, 3.8) is 0 Å². The Labute approximate surface area is 190 Å². The Balaban J connectivity index is 1.59. The molecule has 2 N–H and O–H groups in total. The highest BCUT2D eigenvalue weighted by atomic mass is 35.5. The summed E-state index contributed by atoms with van der Waals surface area (Å²) in [6, 6.07) is 12.8. The average Bonchev–Trinajstić information content (AvgIpc) is 3.15. The van der Waals surface area contributed by atoms with Crippen LogP contribution in [0.1, 0.15) is 34.2 Å². The van der Waals surface area contributed by atoms with E-state index < -0.39 is 0 Å². The van der Waals surface area contributed by atoms with Crippen LogP contribution in [0.25, 0.3) is 0 Å². The Morgan fingerprint density at radius 2 is 1.87 bits per heavy atom. The van der Waals surface area contributed by atoms with Crippen molar-refractivity contribution in [2.75, 3.05) is 11.1 Å². The minimum Gasteiger partial charge on any atom is -0.345 e. The van der Waals surface area contributed by atoms with Crippen LogP contribution < -0.4 is 10.6 Å². The number of rotatable bonds is 8. The first-order valence-electron chi connectivity index (χ1n) is 9.83. The summed E-state index contributed by atoms with van der Waals surface area (Å²) in [5.74, 6) is 0.502. The van der Waals surface area contributed by atoms with E-state index in [9.17, 15) is 9.59 Å². The van der Waals surface area contributed by atoms with E-state index in [0.717, 1.165) is 11.1 Å². The third-order valence-electron chi connectivity index (χ3n) is 4.71. The number of aromatic nitrogens is 3. The quantitative estimate of drug-likeness (QED) is 0.494. The van der Waals surface area contributed by atoms with Gasteiger partial charge in [-0.2, -0.15) is 0 Å². The molecule has 7 nitrogen and oxygen atoms in total. The lowest BCUT2D eigenvalue weighted by Crippen LogP contribution is -2.25. The van der Waals surface area contributed by atoms with Crippen molar-refractivity contribution in [2.45, 2.75) is 39.0 Å². The molecule has 0 spiro atoms. The number of hydrogen-bond donors (Lipinski definition) is 2. The smallest absolute Gasteiger partial charge is 0.251 e. The third kappa shape index (κ3) is 5.86. The van der Waals surface area contributed by atoms with E-state index in [1.54, 1.807) is 18.2 Å². The number of nitrogens with one attached hydrogen (secondary N) is 2. The molecule has 1 heterocycles. The Morgan fingerprint density at radius 1 is 1.10 bits per heavy atom. The van der Waals surface area contributed by atoms with Gasteiger partial charge in [0.05, 0.1) is 12.3 Å². The molecule has 2 amide bonds. The number of aryl methyl sites for hydroxylation is 2. The summed E-state index contributed by atoms with van der Waals surface area (Å²) in [5.41, 5.74) is 3.17. The van der Waals surface area contributed by atoms with E-state index in [2.05, 4.69) is 20.8 Å². The van der Waals surface area contributed by atoms with Crippen LogP contribution in [0.4, 0.5) is 5.69 Å². The highest BCUT2D eigenvalue weighted by Gasteiger charge is 2.15. The molecule has 0 aliphatic carbocycles. The first-order chi connectivity index (χ1) is 14.9. The lowest BCUT2D eigenvalue weighted by atomic mass is 10.1. The molecule has 0 saturated carbocycles. The molecule has 0 unspecified atom stereocenters. The molecule has 0 atom stereocenters. The number of carbonyl (C=O) groups excluding carboxylic acids is 2. The van der Waals surface area contributed by atoms with Gasteiger partial charge in [-0.15, -0.1) is 10.2 Å². The normalized spacial score (nSPS) is 10.7. The van der Waals surface area contributed by atoms with Crippen LogP contribution >= 0.6 is 23.4 Å². The molecule has 9 heteroatoms. The van der Waals surface area contributed by atoms with E-state index in [4.69, 9.17) is 11.6 Å². The van der Waals surface area contributed by atoms with Gasteiger partial charge in [0.2, 0.25) is 5.91 Å². The summed E-state index contributed by atoms with van der Waals surface area (Å²) < 4.78 is 1.89. The first kappa shape index (κ1) is 22.8. The Morgan fingerprint density at radius 3 is 2.61 bits per heavy atom. The van der Waals surface area contributed by atoms with Gasteiger partial charge in [-0.3, -0.25) is 9.59 Å². The van der Waals surface area contributed by atoms with Crippen molar-refractivity contribution in [3.05, 3.63) is 70.0 Å². The van der Waals surface area contributed by atoms with Crippen molar-refractivity contribution in [1.29, 1.82) is 0 Å². The molecule has 3 rings (SSSR count). The molecule has 0 fully saturated rings. The number of thioether (sulfide) groups is 1. The van der Waals surface area contributed by atoms with Crippen LogP contribution in [0.15, 0.2) is 47.6 Å². The first-order valence-corrected chi connectivity index (χ1v) is 11.2. The van der Waals surface area contributed by atoms with Crippen LogP contribution in [-0.4, -0.2) is 32.3 Å². The van der Waals surface area contributed by atoms with Crippen LogP contribution in [0, 0.1) is 13.8 Å². The fourth-order valence-corrected chi connectivity index (χ4v) is 4.00. The minimum absolute atomic E-state index is 0.157. The van der Waals surface area contributed by atoms with Gasteiger partial charge >= 0.3 is 0 Å². The van der Waals surface area contributed by atoms with E-state index in [-0.39, 0.29) is 24.1 Å². The summed E-state index contributed by atoms with van der Waals surface area (Å²) in [4.78, 5) is 24.8. The molecule has 1 aromatic heterocycles. The molecule has 0 aliphatic rings. The van der Waals surface area contributed by atoms with Crippen LogP contribution in [0.3, 0.4) is 0 Å². The Kier molecular flexibility index (Phi) is 7.70. The highest BCUT2D eigenvalue weighted by Crippen LogP contribution is 2.22. The molecular weight excluding hydrogens is 434 g/mol. The molecule has 0 saturated heterocycles. The van der Waals surface area contributed by atoms with Gasteiger partial charge < -0.3 is 15.2 Å². The zero-order chi connectivity index (χ0) is 22.4. The van der Waals surface area contributed by atoms with Gasteiger partial charge in [0.15, 0.2) is 11.0 Å².